The minimum Gasteiger partial charge on any atom is -0.311 e. The zero-order valence-corrected chi connectivity index (χ0v) is 12.0. The lowest BCUT2D eigenvalue weighted by Gasteiger charge is -2.18. The molecular weight excluding hydrogens is 298 g/mol. The van der Waals surface area contributed by atoms with Gasteiger partial charge in [-0.15, -0.1) is 11.3 Å². The average molecular weight is 310 g/mol. The molecule has 0 atom stereocenters. The SMILES string of the molecule is Cc1ccccc1N(C)C(=O)c1csc(Br)c1. The molecule has 2 aromatic rings. The van der Waals surface area contributed by atoms with Gasteiger partial charge in [-0.25, -0.2) is 0 Å². The molecule has 88 valence electrons. The second kappa shape index (κ2) is 5.02. The second-order valence-corrected chi connectivity index (χ2v) is 6.08. The van der Waals surface area contributed by atoms with Crippen molar-refractivity contribution in [2.75, 3.05) is 11.9 Å². The third-order valence-electron chi connectivity index (χ3n) is 2.60. The molecule has 1 amide bonds. The Labute approximate surface area is 113 Å². The van der Waals surface area contributed by atoms with Crippen molar-refractivity contribution in [2.45, 2.75) is 6.92 Å². The molecule has 0 spiro atoms. The van der Waals surface area contributed by atoms with Crippen molar-refractivity contribution in [1.82, 2.24) is 0 Å². The number of aryl methyl sites for hydroxylation is 1. The molecule has 0 aliphatic carbocycles. The molecule has 0 N–H and O–H groups in total. The largest absolute Gasteiger partial charge is 0.311 e. The smallest absolute Gasteiger partial charge is 0.258 e. The molecule has 0 bridgehead atoms. The van der Waals surface area contributed by atoms with Crippen molar-refractivity contribution in [3.05, 3.63) is 50.6 Å². The summed E-state index contributed by atoms with van der Waals surface area (Å²) in [6, 6.07) is 9.72. The van der Waals surface area contributed by atoms with Gasteiger partial charge in [0.1, 0.15) is 0 Å². The Morgan fingerprint density at radius 2 is 2.06 bits per heavy atom. The number of carbonyl (C=O) groups excluding carboxylic acids is 1. The highest BCUT2D eigenvalue weighted by Crippen LogP contribution is 2.24. The first-order valence-corrected chi connectivity index (χ1v) is 6.84. The van der Waals surface area contributed by atoms with Gasteiger partial charge in [0, 0.05) is 18.1 Å². The van der Waals surface area contributed by atoms with Crippen LogP contribution in [-0.2, 0) is 0 Å². The molecule has 1 aromatic heterocycles. The number of halogens is 1. The van der Waals surface area contributed by atoms with Crippen molar-refractivity contribution in [1.29, 1.82) is 0 Å². The van der Waals surface area contributed by atoms with E-state index >= 15 is 0 Å². The van der Waals surface area contributed by atoms with E-state index < -0.39 is 0 Å². The number of para-hydroxylation sites is 1. The van der Waals surface area contributed by atoms with Crippen molar-refractivity contribution >= 4 is 38.9 Å². The van der Waals surface area contributed by atoms with E-state index in [1.807, 2.05) is 42.6 Å². The van der Waals surface area contributed by atoms with Crippen LogP contribution in [0.3, 0.4) is 0 Å². The van der Waals surface area contributed by atoms with Crippen LogP contribution in [0.15, 0.2) is 39.5 Å². The van der Waals surface area contributed by atoms with Gasteiger partial charge in [-0.05, 0) is 40.5 Å². The highest BCUT2D eigenvalue weighted by Gasteiger charge is 2.15. The van der Waals surface area contributed by atoms with Crippen LogP contribution in [0.2, 0.25) is 0 Å². The molecule has 2 nitrogen and oxygen atoms in total. The van der Waals surface area contributed by atoms with Crippen molar-refractivity contribution in [3.8, 4) is 0 Å². The van der Waals surface area contributed by atoms with E-state index in [9.17, 15) is 4.79 Å². The van der Waals surface area contributed by atoms with Gasteiger partial charge in [0.15, 0.2) is 0 Å². The van der Waals surface area contributed by atoms with Gasteiger partial charge >= 0.3 is 0 Å². The molecule has 0 fully saturated rings. The minimum absolute atomic E-state index is 0.0150. The fraction of sp³-hybridized carbons (Fsp3) is 0.154. The Morgan fingerprint density at radius 1 is 1.35 bits per heavy atom. The summed E-state index contributed by atoms with van der Waals surface area (Å²) in [7, 11) is 1.80. The summed E-state index contributed by atoms with van der Waals surface area (Å²) in [6.45, 7) is 2.00. The average Bonchev–Trinajstić information content (AvgIpc) is 2.75. The van der Waals surface area contributed by atoms with Crippen molar-refractivity contribution in [2.24, 2.45) is 0 Å². The lowest BCUT2D eigenvalue weighted by molar-refractivity contribution is 0.0993. The number of amides is 1. The van der Waals surface area contributed by atoms with Crippen LogP contribution in [0.4, 0.5) is 5.69 Å². The topological polar surface area (TPSA) is 20.3 Å². The van der Waals surface area contributed by atoms with Gasteiger partial charge < -0.3 is 4.90 Å². The zero-order chi connectivity index (χ0) is 12.4. The Bertz CT molecular complexity index is 550. The molecule has 0 unspecified atom stereocenters. The molecule has 0 saturated heterocycles. The molecule has 0 saturated carbocycles. The fourth-order valence-corrected chi connectivity index (χ4v) is 2.80. The van der Waals surface area contributed by atoms with Crippen LogP contribution in [0.5, 0.6) is 0 Å². The fourth-order valence-electron chi connectivity index (χ4n) is 1.67. The number of nitrogens with zero attached hydrogens (tertiary/aromatic N) is 1. The van der Waals surface area contributed by atoms with Gasteiger partial charge in [0.2, 0.25) is 0 Å². The van der Waals surface area contributed by atoms with Gasteiger partial charge in [-0.1, -0.05) is 18.2 Å². The highest BCUT2D eigenvalue weighted by atomic mass is 79.9. The van der Waals surface area contributed by atoms with E-state index in [2.05, 4.69) is 15.9 Å². The Morgan fingerprint density at radius 3 is 2.65 bits per heavy atom. The van der Waals surface area contributed by atoms with Crippen LogP contribution in [0, 0.1) is 6.92 Å². The van der Waals surface area contributed by atoms with Crippen LogP contribution >= 0.6 is 27.3 Å². The lowest BCUT2D eigenvalue weighted by Crippen LogP contribution is -2.26. The first-order valence-electron chi connectivity index (χ1n) is 5.17. The van der Waals surface area contributed by atoms with Gasteiger partial charge in [-0.2, -0.15) is 0 Å². The number of anilines is 1. The van der Waals surface area contributed by atoms with E-state index in [1.54, 1.807) is 11.9 Å². The number of rotatable bonds is 2. The third kappa shape index (κ3) is 2.58. The van der Waals surface area contributed by atoms with Crippen molar-refractivity contribution in [3.63, 3.8) is 0 Å². The Balaban J connectivity index is 2.29. The summed E-state index contributed by atoms with van der Waals surface area (Å²) in [5.74, 6) is 0.0150. The Kier molecular flexibility index (Phi) is 3.64. The summed E-state index contributed by atoms with van der Waals surface area (Å²) in [5, 5.41) is 1.86. The summed E-state index contributed by atoms with van der Waals surface area (Å²) in [4.78, 5) is 13.9. The van der Waals surface area contributed by atoms with E-state index in [4.69, 9.17) is 0 Å². The highest BCUT2D eigenvalue weighted by molar-refractivity contribution is 9.11. The summed E-state index contributed by atoms with van der Waals surface area (Å²) in [5.41, 5.74) is 2.75. The lowest BCUT2D eigenvalue weighted by atomic mass is 10.1. The van der Waals surface area contributed by atoms with E-state index in [0.29, 0.717) is 5.56 Å². The quantitative estimate of drug-likeness (QED) is 0.818. The van der Waals surface area contributed by atoms with Crippen molar-refractivity contribution < 1.29 is 4.79 Å². The molecule has 4 heteroatoms. The van der Waals surface area contributed by atoms with Crippen LogP contribution in [0.1, 0.15) is 15.9 Å². The first-order chi connectivity index (χ1) is 8.09. The summed E-state index contributed by atoms with van der Waals surface area (Å²) >= 11 is 4.89. The van der Waals surface area contributed by atoms with Crippen LogP contribution in [-0.4, -0.2) is 13.0 Å². The molecule has 17 heavy (non-hydrogen) atoms. The minimum atomic E-state index is 0.0150. The van der Waals surface area contributed by atoms with Gasteiger partial charge in [0.25, 0.3) is 5.91 Å². The van der Waals surface area contributed by atoms with E-state index in [-0.39, 0.29) is 5.91 Å². The molecule has 0 aliphatic heterocycles. The monoisotopic (exact) mass is 309 g/mol. The maximum Gasteiger partial charge on any atom is 0.258 e. The van der Waals surface area contributed by atoms with Crippen LogP contribution < -0.4 is 4.90 Å². The molecule has 0 aliphatic rings. The van der Waals surface area contributed by atoms with E-state index in [1.165, 1.54) is 11.3 Å². The van der Waals surface area contributed by atoms with Gasteiger partial charge in [-0.3, -0.25) is 4.79 Å². The molecule has 0 radical (unpaired) electrons. The maximum absolute atomic E-state index is 12.2. The van der Waals surface area contributed by atoms with Gasteiger partial charge in [0.05, 0.1) is 9.35 Å². The molecule has 1 aromatic carbocycles. The predicted molar refractivity (Wildman–Crippen MR) is 75.9 cm³/mol. The first kappa shape index (κ1) is 12.3. The van der Waals surface area contributed by atoms with Crippen LogP contribution in [0.25, 0.3) is 0 Å². The number of hydrogen-bond acceptors (Lipinski definition) is 2. The van der Waals surface area contributed by atoms with E-state index in [0.717, 1.165) is 15.0 Å². The summed E-state index contributed by atoms with van der Waals surface area (Å²) < 4.78 is 0.971. The predicted octanol–water partition coefficient (Wildman–Crippen LogP) is 4.10. The number of carbonyl (C=O) groups is 1. The normalized spacial score (nSPS) is 10.3. The number of hydrogen-bond donors (Lipinski definition) is 0. The zero-order valence-electron chi connectivity index (χ0n) is 9.61. The molecular formula is C13H12BrNOS. The standard InChI is InChI=1S/C13H12BrNOS/c1-9-5-3-4-6-11(9)15(2)13(16)10-7-12(14)17-8-10/h3-8H,1-2H3. The maximum atomic E-state index is 12.2. The summed E-state index contributed by atoms with van der Waals surface area (Å²) in [6.07, 6.45) is 0. The Hall–Kier alpha value is -1.13. The molecule has 1 heterocycles. The third-order valence-corrected chi connectivity index (χ3v) is 4.10. The number of benzene rings is 1. The molecule has 2 rings (SSSR count). The number of thiophene rings is 1. The second-order valence-electron chi connectivity index (χ2n) is 3.79.